The van der Waals surface area contributed by atoms with Crippen LogP contribution in [0.5, 0.6) is 0 Å². The zero-order valence-electron chi connectivity index (χ0n) is 37.1. The first-order valence-electron chi connectivity index (χ1n) is 22.6. The van der Waals surface area contributed by atoms with Gasteiger partial charge >= 0.3 is 6.09 Å². The Balaban J connectivity index is 0.952. The van der Waals surface area contributed by atoms with Crippen molar-refractivity contribution in [1.29, 1.82) is 0 Å². The van der Waals surface area contributed by atoms with E-state index in [1.54, 1.807) is 23.5 Å². The van der Waals surface area contributed by atoms with Gasteiger partial charge in [0.15, 0.2) is 0 Å². The first-order chi connectivity index (χ1) is 30.8. The fourth-order valence-corrected chi connectivity index (χ4v) is 10.8. The number of carbonyl (C=O) groups is 3. The molecule has 5 unspecified atom stereocenters. The Morgan fingerprint density at radius 3 is 2.11 bits per heavy atom. The van der Waals surface area contributed by atoms with Gasteiger partial charge in [0.05, 0.1) is 49.0 Å². The topological polar surface area (TPSA) is 148 Å². The number of benzene rings is 2. The summed E-state index contributed by atoms with van der Waals surface area (Å²) in [4.78, 5) is 60.3. The van der Waals surface area contributed by atoms with Crippen LogP contribution in [0.4, 0.5) is 4.79 Å². The molecule has 12 nitrogen and oxygen atoms in total. The molecule has 3 amide bonds. The Kier molecular flexibility index (Phi) is 14.8. The van der Waals surface area contributed by atoms with E-state index in [4.69, 9.17) is 14.7 Å². The third kappa shape index (κ3) is 10.1. The Hall–Kier alpha value is -4.79. The fraction of sp³-hybridized carbons (Fsp3) is 0.490. The predicted octanol–water partition coefficient (Wildman–Crippen LogP) is 8.52. The van der Waals surface area contributed by atoms with Crippen LogP contribution in [0.2, 0.25) is 0 Å². The van der Waals surface area contributed by atoms with Crippen LogP contribution in [0, 0.1) is 5.92 Å². The van der Waals surface area contributed by atoms with Crippen LogP contribution in [-0.4, -0.2) is 111 Å². The lowest BCUT2D eigenvalue weighted by atomic mass is 9.81. The van der Waals surface area contributed by atoms with Gasteiger partial charge in [-0.1, -0.05) is 54.6 Å². The van der Waals surface area contributed by atoms with Crippen molar-refractivity contribution >= 4 is 47.0 Å². The zero-order valence-corrected chi connectivity index (χ0v) is 38.7. The number of nitrogens with one attached hydrogen (secondary N) is 4. The van der Waals surface area contributed by atoms with Gasteiger partial charge in [-0.3, -0.25) is 9.59 Å². The number of nitrogens with zero attached hydrogens (tertiary/aromatic N) is 4. The molecule has 0 saturated carbocycles. The number of carbonyl (C=O) groups excluding carboxylic acids is 3. The molecule has 2 aromatic carbocycles. The number of alkyl carbamates (subject to hydrolysis) is 1. The second-order valence-corrected chi connectivity index (χ2v) is 19.2. The van der Waals surface area contributed by atoms with Crippen molar-refractivity contribution < 1.29 is 19.1 Å². The Bertz CT molecular complexity index is 2300. The minimum Gasteiger partial charge on any atom is -0.453 e. The van der Waals surface area contributed by atoms with E-state index in [2.05, 4.69) is 81.5 Å². The predicted molar refractivity (Wildman–Crippen MR) is 254 cm³/mol. The SMILES string of the molecule is CNC(CCSC)C(=O)N1CCCC1c1ncc(C2=CC3CC=C2CCc2ccc(c(-c4ccc(-c5cnc(C6CCCN6C(=O)C(CCSC)NC(=O)OC)[nH]5)cc4)c2)CC3)[nH]1. The molecule has 334 valence electrons. The lowest BCUT2D eigenvalue weighted by Crippen LogP contribution is -2.48. The summed E-state index contributed by atoms with van der Waals surface area (Å²) < 4.78 is 4.82. The van der Waals surface area contributed by atoms with Crippen LogP contribution in [0.25, 0.3) is 28.0 Å². The zero-order chi connectivity index (χ0) is 43.9. The monoisotopic (exact) mass is 890 g/mol. The van der Waals surface area contributed by atoms with E-state index in [1.165, 1.54) is 40.5 Å². The van der Waals surface area contributed by atoms with Gasteiger partial charge in [0.2, 0.25) is 11.8 Å². The van der Waals surface area contributed by atoms with Crippen LogP contribution in [0.1, 0.15) is 98.3 Å². The number of likely N-dealkylation sites (tertiary alicyclic amines) is 2. The van der Waals surface area contributed by atoms with Crippen molar-refractivity contribution in [2.24, 2.45) is 5.92 Å². The summed E-state index contributed by atoms with van der Waals surface area (Å²) in [6, 6.07) is 14.8. The van der Waals surface area contributed by atoms with Gasteiger partial charge in [0.25, 0.3) is 0 Å². The molecule has 4 heterocycles. The average molecular weight is 891 g/mol. The highest BCUT2D eigenvalue weighted by Gasteiger charge is 2.37. The largest absolute Gasteiger partial charge is 0.453 e. The Morgan fingerprint density at radius 1 is 0.810 bits per heavy atom. The van der Waals surface area contributed by atoms with Crippen LogP contribution in [0.15, 0.2) is 72.6 Å². The van der Waals surface area contributed by atoms with Crippen LogP contribution >= 0.6 is 23.5 Å². The van der Waals surface area contributed by atoms with E-state index in [9.17, 15) is 14.4 Å². The summed E-state index contributed by atoms with van der Waals surface area (Å²) >= 11 is 3.42. The third-order valence-corrected chi connectivity index (χ3v) is 14.7. The highest BCUT2D eigenvalue weighted by atomic mass is 32.2. The van der Waals surface area contributed by atoms with Crippen LogP contribution in [0.3, 0.4) is 0 Å². The molecule has 4 aromatic rings. The molecule has 4 N–H and O–H groups in total. The molecule has 2 saturated heterocycles. The number of hydrogen-bond acceptors (Lipinski definition) is 9. The first kappa shape index (κ1) is 44.8. The molecule has 5 aliphatic carbocycles. The molecular formula is C49H62N8O4S2. The molecule has 2 aromatic heterocycles. The van der Waals surface area contributed by atoms with E-state index in [-0.39, 0.29) is 29.9 Å². The van der Waals surface area contributed by atoms with Crippen molar-refractivity contribution in [1.82, 2.24) is 40.4 Å². The molecule has 63 heavy (non-hydrogen) atoms. The summed E-state index contributed by atoms with van der Waals surface area (Å²) in [5.74, 6) is 3.85. The maximum absolute atomic E-state index is 13.7. The molecule has 0 radical (unpaired) electrons. The molecule has 14 heteroatoms. The number of amides is 3. The molecule has 2 fully saturated rings. The highest BCUT2D eigenvalue weighted by Crippen LogP contribution is 2.39. The van der Waals surface area contributed by atoms with E-state index >= 15 is 0 Å². The highest BCUT2D eigenvalue weighted by molar-refractivity contribution is 7.98. The van der Waals surface area contributed by atoms with Gasteiger partial charge in [0, 0.05) is 13.1 Å². The van der Waals surface area contributed by atoms with Gasteiger partial charge in [-0.2, -0.15) is 23.5 Å². The molecule has 2 aliphatic heterocycles. The van der Waals surface area contributed by atoms with Crippen molar-refractivity contribution in [3.05, 3.63) is 101 Å². The number of allylic oxidation sites excluding steroid dienone is 4. The van der Waals surface area contributed by atoms with E-state index in [0.717, 1.165) is 111 Å². The number of methoxy groups -OCH3 is 1. The van der Waals surface area contributed by atoms with Crippen molar-refractivity contribution in [3.63, 3.8) is 0 Å². The standard InChI is InChI=1S/C49H62N8O4S2/c1-50-39(21-25-62-3)47(58)56-23-5-8-44(56)46-52-30-42(54-46)38-28-32-10-14-33-13-9-31(11-15-35(38)16-12-32)27-37(33)34-17-19-36(20-18-34)41-29-51-45(53-41)43-7-6-24-57(43)48(59)40(22-26-63-4)55-49(60)61-2/h9,13,16-20,27-30,32,39-40,43-44,50H,5-8,10-12,14-15,21-26H2,1-4H3,(H,51,53)(H,52,54)(H,55,60). The van der Waals surface area contributed by atoms with Gasteiger partial charge in [-0.05, 0) is 147 Å². The van der Waals surface area contributed by atoms with Crippen molar-refractivity contribution in [2.75, 3.05) is 51.3 Å². The number of aryl methyl sites for hydroxylation is 2. The number of H-pyrrole nitrogens is 2. The van der Waals surface area contributed by atoms with E-state index in [0.29, 0.717) is 18.9 Å². The van der Waals surface area contributed by atoms with E-state index < -0.39 is 12.1 Å². The normalized spacial score (nSPS) is 20.8. The molecule has 4 bridgehead atoms. The molecule has 5 atom stereocenters. The number of thioether (sulfide) groups is 2. The number of imidazole rings is 2. The molecular weight excluding hydrogens is 829 g/mol. The number of ether oxygens (including phenoxy) is 1. The third-order valence-electron chi connectivity index (χ3n) is 13.4. The number of aromatic nitrogens is 4. The quantitative estimate of drug-likeness (QED) is 0.0922. The molecule has 7 aliphatic rings. The minimum atomic E-state index is -0.644. The van der Waals surface area contributed by atoms with Crippen LogP contribution in [-0.2, 0) is 27.2 Å². The summed E-state index contributed by atoms with van der Waals surface area (Å²) in [6.45, 7) is 1.39. The fourth-order valence-electron chi connectivity index (χ4n) is 9.88. The van der Waals surface area contributed by atoms with Crippen LogP contribution < -0.4 is 10.6 Å². The van der Waals surface area contributed by atoms with E-state index in [1.807, 2.05) is 35.5 Å². The Morgan fingerprint density at radius 2 is 1.44 bits per heavy atom. The number of rotatable bonds is 15. The van der Waals surface area contributed by atoms with Gasteiger partial charge in [0.1, 0.15) is 17.7 Å². The minimum absolute atomic E-state index is 0.0243. The summed E-state index contributed by atoms with van der Waals surface area (Å²) in [5, 5.41) is 6.01. The maximum atomic E-state index is 13.7. The Labute approximate surface area is 380 Å². The van der Waals surface area contributed by atoms with Crippen molar-refractivity contribution in [2.45, 2.75) is 94.8 Å². The van der Waals surface area contributed by atoms with Gasteiger partial charge in [-0.25, -0.2) is 14.8 Å². The first-order valence-corrected chi connectivity index (χ1v) is 25.4. The second-order valence-electron chi connectivity index (χ2n) is 17.2. The van der Waals surface area contributed by atoms with Gasteiger partial charge < -0.3 is 35.1 Å². The maximum Gasteiger partial charge on any atom is 0.407 e. The number of hydrogen-bond donors (Lipinski definition) is 4. The number of likely N-dealkylation sites (N-methyl/N-ethyl adjacent to an activating group) is 1. The molecule has 0 spiro atoms. The average Bonchev–Trinajstić information content (AvgIpc) is 4.16. The number of aromatic amines is 2. The second kappa shape index (κ2) is 20.8. The molecule has 11 rings (SSSR count). The summed E-state index contributed by atoms with van der Waals surface area (Å²) in [5.41, 5.74) is 10.8. The van der Waals surface area contributed by atoms with Gasteiger partial charge in [-0.15, -0.1) is 0 Å². The lowest BCUT2D eigenvalue weighted by Gasteiger charge is -2.28. The lowest BCUT2D eigenvalue weighted by molar-refractivity contribution is -0.135. The van der Waals surface area contributed by atoms with Crippen molar-refractivity contribution in [3.8, 4) is 22.4 Å². The smallest absolute Gasteiger partial charge is 0.407 e. The summed E-state index contributed by atoms with van der Waals surface area (Å²) in [6.07, 6.45) is 22.1. The summed E-state index contributed by atoms with van der Waals surface area (Å²) in [7, 11) is 3.20.